The predicted molar refractivity (Wildman–Crippen MR) is 81.8 cm³/mol. The van der Waals surface area contributed by atoms with Crippen molar-refractivity contribution in [2.24, 2.45) is 0 Å². The van der Waals surface area contributed by atoms with Crippen LogP contribution in [0.2, 0.25) is 0 Å². The zero-order valence-electron chi connectivity index (χ0n) is 13.6. The molecule has 0 N–H and O–H groups in total. The number of hydrogen-bond acceptors (Lipinski definition) is 2. The van der Waals surface area contributed by atoms with Crippen LogP contribution in [-0.4, -0.2) is 36.9 Å². The summed E-state index contributed by atoms with van der Waals surface area (Å²) in [7, 11) is 1.57. The second kappa shape index (κ2) is 5.86. The molecule has 0 bridgehead atoms. The lowest BCUT2D eigenvalue weighted by molar-refractivity contribution is -0.0494. The van der Waals surface area contributed by atoms with Gasteiger partial charge in [0.1, 0.15) is 5.75 Å². The van der Waals surface area contributed by atoms with Gasteiger partial charge in [-0.2, -0.15) is 0 Å². The maximum absolute atomic E-state index is 13.2. The van der Waals surface area contributed by atoms with E-state index >= 15 is 0 Å². The molecule has 0 aliphatic carbocycles. The minimum Gasteiger partial charge on any atom is -0.496 e. The number of hydrogen-bond donors (Lipinski definition) is 0. The monoisotopic (exact) mass is 311 g/mol. The molecule has 0 spiro atoms. The van der Waals surface area contributed by atoms with E-state index in [1.165, 1.54) is 4.90 Å². The number of rotatable bonds is 2. The fourth-order valence-corrected chi connectivity index (χ4v) is 2.66. The van der Waals surface area contributed by atoms with Gasteiger partial charge in [0.2, 0.25) is 0 Å². The standard InChI is InChI=1S/C17H23F2NO2/c1-16(2,3)13-6-5-12(11-14(13)22-4)15(21)20-9-7-17(18,19)8-10-20/h5-6,11H,7-10H2,1-4H3. The van der Waals surface area contributed by atoms with Gasteiger partial charge in [0, 0.05) is 31.5 Å². The molecule has 1 aromatic rings. The van der Waals surface area contributed by atoms with Crippen LogP contribution in [0, 0.1) is 0 Å². The number of carbonyl (C=O) groups is 1. The van der Waals surface area contributed by atoms with Gasteiger partial charge in [-0.3, -0.25) is 4.79 Å². The summed E-state index contributed by atoms with van der Waals surface area (Å²) < 4.78 is 31.8. The van der Waals surface area contributed by atoms with Crippen LogP contribution in [0.4, 0.5) is 8.78 Å². The number of halogens is 2. The summed E-state index contributed by atoms with van der Waals surface area (Å²) in [5.41, 5.74) is 1.40. The zero-order valence-corrected chi connectivity index (χ0v) is 13.6. The molecule has 1 saturated heterocycles. The van der Waals surface area contributed by atoms with Gasteiger partial charge in [0.25, 0.3) is 11.8 Å². The molecular weight excluding hydrogens is 288 g/mol. The third kappa shape index (κ3) is 3.57. The molecule has 1 aliphatic heterocycles. The van der Waals surface area contributed by atoms with Gasteiger partial charge in [-0.15, -0.1) is 0 Å². The van der Waals surface area contributed by atoms with Gasteiger partial charge in [-0.1, -0.05) is 26.8 Å². The molecule has 22 heavy (non-hydrogen) atoms. The molecule has 0 saturated carbocycles. The molecule has 1 aromatic carbocycles. The molecule has 0 unspecified atom stereocenters. The van der Waals surface area contributed by atoms with Crippen LogP contribution in [0.1, 0.15) is 49.5 Å². The highest BCUT2D eigenvalue weighted by atomic mass is 19.3. The molecule has 1 amide bonds. The van der Waals surface area contributed by atoms with E-state index in [-0.39, 0.29) is 37.3 Å². The average molecular weight is 311 g/mol. The van der Waals surface area contributed by atoms with Crippen molar-refractivity contribution in [3.63, 3.8) is 0 Å². The summed E-state index contributed by atoms with van der Waals surface area (Å²) in [5, 5.41) is 0. The van der Waals surface area contributed by atoms with E-state index in [0.29, 0.717) is 11.3 Å². The third-order valence-corrected chi connectivity index (χ3v) is 4.04. The number of carbonyl (C=O) groups excluding carboxylic acids is 1. The first kappa shape index (κ1) is 16.7. The van der Waals surface area contributed by atoms with Crippen LogP contribution >= 0.6 is 0 Å². The van der Waals surface area contributed by atoms with Crippen molar-refractivity contribution in [2.45, 2.75) is 45.0 Å². The lowest BCUT2D eigenvalue weighted by Gasteiger charge is -2.32. The molecule has 1 aliphatic rings. The summed E-state index contributed by atoms with van der Waals surface area (Å²) in [6, 6.07) is 5.33. The molecule has 0 radical (unpaired) electrons. The van der Waals surface area contributed by atoms with E-state index in [2.05, 4.69) is 20.8 Å². The third-order valence-electron chi connectivity index (χ3n) is 4.04. The molecule has 1 heterocycles. The Balaban J connectivity index is 2.21. The van der Waals surface area contributed by atoms with Crippen molar-refractivity contribution in [2.75, 3.05) is 20.2 Å². The van der Waals surface area contributed by atoms with Crippen LogP contribution in [0.5, 0.6) is 5.75 Å². The largest absolute Gasteiger partial charge is 0.496 e. The molecule has 0 atom stereocenters. The number of alkyl halides is 2. The van der Waals surface area contributed by atoms with Gasteiger partial charge in [0.15, 0.2) is 0 Å². The smallest absolute Gasteiger partial charge is 0.253 e. The summed E-state index contributed by atoms with van der Waals surface area (Å²) in [4.78, 5) is 14.0. The van der Waals surface area contributed by atoms with Gasteiger partial charge in [0.05, 0.1) is 7.11 Å². The Morgan fingerprint density at radius 3 is 2.32 bits per heavy atom. The lowest BCUT2D eigenvalue weighted by atomic mass is 9.85. The van der Waals surface area contributed by atoms with Crippen LogP contribution in [0.25, 0.3) is 0 Å². The number of methoxy groups -OCH3 is 1. The molecule has 1 fully saturated rings. The molecular formula is C17H23F2NO2. The van der Waals surface area contributed by atoms with E-state index in [1.807, 2.05) is 6.07 Å². The minimum atomic E-state index is -2.65. The Kier molecular flexibility index (Phi) is 4.45. The van der Waals surface area contributed by atoms with E-state index in [1.54, 1.807) is 19.2 Å². The first-order valence-electron chi connectivity index (χ1n) is 7.50. The van der Waals surface area contributed by atoms with Crippen molar-refractivity contribution < 1.29 is 18.3 Å². The Morgan fingerprint density at radius 1 is 1.23 bits per heavy atom. The first-order chi connectivity index (χ1) is 10.1. The number of nitrogens with zero attached hydrogens (tertiary/aromatic N) is 1. The highest BCUT2D eigenvalue weighted by molar-refractivity contribution is 5.94. The summed E-state index contributed by atoms with van der Waals surface area (Å²) in [6.07, 6.45) is -0.536. The Hall–Kier alpha value is -1.65. The topological polar surface area (TPSA) is 29.5 Å². The van der Waals surface area contributed by atoms with Crippen LogP contribution in [-0.2, 0) is 5.41 Å². The van der Waals surface area contributed by atoms with Crippen LogP contribution in [0.15, 0.2) is 18.2 Å². The predicted octanol–water partition coefficient (Wildman–Crippen LogP) is 3.86. The molecule has 5 heteroatoms. The van der Waals surface area contributed by atoms with Crippen molar-refractivity contribution in [1.29, 1.82) is 0 Å². The number of likely N-dealkylation sites (tertiary alicyclic amines) is 1. The Morgan fingerprint density at radius 2 is 1.82 bits per heavy atom. The maximum Gasteiger partial charge on any atom is 0.253 e. The number of piperidine rings is 1. The second-order valence-corrected chi connectivity index (χ2v) is 6.81. The Labute approximate surface area is 130 Å². The molecule has 122 valence electrons. The van der Waals surface area contributed by atoms with E-state index in [0.717, 1.165) is 5.56 Å². The van der Waals surface area contributed by atoms with E-state index < -0.39 is 5.92 Å². The normalized spacial score (nSPS) is 18.2. The van der Waals surface area contributed by atoms with Crippen LogP contribution in [0.3, 0.4) is 0 Å². The molecule has 3 nitrogen and oxygen atoms in total. The van der Waals surface area contributed by atoms with Crippen molar-refractivity contribution in [3.05, 3.63) is 29.3 Å². The van der Waals surface area contributed by atoms with Crippen LogP contribution < -0.4 is 4.74 Å². The van der Waals surface area contributed by atoms with Gasteiger partial charge in [-0.05, 0) is 23.1 Å². The quantitative estimate of drug-likeness (QED) is 0.830. The van der Waals surface area contributed by atoms with E-state index in [9.17, 15) is 13.6 Å². The SMILES string of the molecule is COc1cc(C(=O)N2CCC(F)(F)CC2)ccc1C(C)(C)C. The van der Waals surface area contributed by atoms with Crippen molar-refractivity contribution in [3.8, 4) is 5.75 Å². The van der Waals surface area contributed by atoms with E-state index in [4.69, 9.17) is 4.74 Å². The van der Waals surface area contributed by atoms with Crippen molar-refractivity contribution >= 4 is 5.91 Å². The summed E-state index contributed by atoms with van der Waals surface area (Å²) >= 11 is 0. The molecule has 0 aromatic heterocycles. The Bertz CT molecular complexity index is 554. The minimum absolute atomic E-state index is 0.0924. The van der Waals surface area contributed by atoms with Gasteiger partial charge >= 0.3 is 0 Å². The maximum atomic E-state index is 13.2. The lowest BCUT2D eigenvalue weighted by Crippen LogP contribution is -2.42. The van der Waals surface area contributed by atoms with Crippen molar-refractivity contribution in [1.82, 2.24) is 4.90 Å². The molecule has 2 rings (SSSR count). The number of amides is 1. The number of benzene rings is 1. The van der Waals surface area contributed by atoms with Gasteiger partial charge < -0.3 is 9.64 Å². The van der Waals surface area contributed by atoms with Gasteiger partial charge in [-0.25, -0.2) is 8.78 Å². The summed E-state index contributed by atoms with van der Waals surface area (Å²) in [6.45, 7) is 6.39. The average Bonchev–Trinajstić information content (AvgIpc) is 2.45. The summed E-state index contributed by atoms with van der Waals surface area (Å²) in [5.74, 6) is -2.21. The number of ether oxygens (including phenoxy) is 1. The first-order valence-corrected chi connectivity index (χ1v) is 7.50. The highest BCUT2D eigenvalue weighted by Gasteiger charge is 2.36. The second-order valence-electron chi connectivity index (χ2n) is 6.81. The fraction of sp³-hybridized carbons (Fsp3) is 0.588. The highest BCUT2D eigenvalue weighted by Crippen LogP contribution is 2.33. The zero-order chi connectivity index (χ0) is 16.5. The fourth-order valence-electron chi connectivity index (χ4n) is 2.66.